The Morgan fingerprint density at radius 2 is 1.85 bits per heavy atom. The van der Waals surface area contributed by atoms with Crippen molar-refractivity contribution in [3.8, 4) is 0 Å². The van der Waals surface area contributed by atoms with Crippen LogP contribution in [0.1, 0.15) is 26.3 Å². The largest absolute Gasteiger partial charge is 0.368 e. The van der Waals surface area contributed by atoms with Gasteiger partial charge < -0.3 is 10.6 Å². The lowest BCUT2D eigenvalue weighted by molar-refractivity contribution is -0.124. The van der Waals surface area contributed by atoms with E-state index in [1.807, 2.05) is 12.1 Å². The average molecular weight is 298 g/mol. The molecule has 0 spiro atoms. The van der Waals surface area contributed by atoms with Crippen molar-refractivity contribution in [3.63, 3.8) is 0 Å². The third-order valence-electron chi connectivity index (χ3n) is 3.72. The number of rotatable bonds is 8. The number of amides is 1. The van der Waals surface area contributed by atoms with Gasteiger partial charge in [-0.05, 0) is 37.7 Å². The van der Waals surface area contributed by atoms with Crippen molar-refractivity contribution in [3.05, 3.63) is 34.9 Å². The third kappa shape index (κ3) is 4.20. The number of benzene rings is 1. The number of halogens is 1. The Balaban J connectivity index is 2.77. The van der Waals surface area contributed by atoms with Gasteiger partial charge in [-0.3, -0.25) is 10.1 Å². The number of hydrogen-bond donors (Lipinski definition) is 2. The molecule has 1 aromatic carbocycles. The molecule has 1 amide bonds. The number of nitrogens with zero attached hydrogens (tertiary/aromatic N) is 1. The van der Waals surface area contributed by atoms with E-state index in [1.165, 1.54) is 0 Å². The molecule has 0 radical (unpaired) electrons. The molecule has 1 unspecified atom stereocenters. The van der Waals surface area contributed by atoms with E-state index < -0.39 is 5.54 Å². The first-order chi connectivity index (χ1) is 9.43. The number of carbonyl (C=O) groups is 1. The van der Waals surface area contributed by atoms with E-state index in [9.17, 15) is 4.79 Å². The average Bonchev–Trinajstić information content (AvgIpc) is 2.44. The van der Waals surface area contributed by atoms with Gasteiger partial charge in [0.15, 0.2) is 0 Å². The highest BCUT2D eigenvalue weighted by Gasteiger charge is 2.32. The topological polar surface area (TPSA) is 58.4 Å². The lowest BCUT2D eigenvalue weighted by atomic mass is 9.91. The van der Waals surface area contributed by atoms with Crippen LogP contribution in [-0.4, -0.2) is 37.0 Å². The van der Waals surface area contributed by atoms with Crippen LogP contribution >= 0.6 is 11.6 Å². The smallest absolute Gasteiger partial charge is 0.242 e. The molecule has 4 nitrogen and oxygen atoms in total. The van der Waals surface area contributed by atoms with Crippen LogP contribution in [0.15, 0.2) is 24.3 Å². The van der Waals surface area contributed by atoms with Crippen LogP contribution in [0.2, 0.25) is 5.02 Å². The number of primary amides is 1. The zero-order valence-corrected chi connectivity index (χ0v) is 13.2. The second-order valence-corrected chi connectivity index (χ2v) is 5.39. The molecule has 0 aliphatic rings. The first-order valence-electron chi connectivity index (χ1n) is 6.97. The number of carbonyl (C=O) groups excluding carboxylic acids is 1. The quantitative estimate of drug-likeness (QED) is 0.771. The molecule has 1 atom stereocenters. The van der Waals surface area contributed by atoms with E-state index in [2.05, 4.69) is 24.1 Å². The summed E-state index contributed by atoms with van der Waals surface area (Å²) >= 11 is 5.88. The fourth-order valence-electron chi connectivity index (χ4n) is 2.12. The monoisotopic (exact) mass is 297 g/mol. The zero-order valence-electron chi connectivity index (χ0n) is 12.4. The van der Waals surface area contributed by atoms with Crippen molar-refractivity contribution in [1.82, 2.24) is 10.2 Å². The Morgan fingerprint density at radius 3 is 2.30 bits per heavy atom. The van der Waals surface area contributed by atoms with Gasteiger partial charge in [-0.1, -0.05) is 37.6 Å². The molecule has 20 heavy (non-hydrogen) atoms. The minimum absolute atomic E-state index is 0.389. The molecule has 0 aliphatic heterocycles. The second-order valence-electron chi connectivity index (χ2n) is 4.95. The Bertz CT molecular complexity index is 431. The van der Waals surface area contributed by atoms with Gasteiger partial charge in [0.2, 0.25) is 5.91 Å². The van der Waals surface area contributed by atoms with Crippen LogP contribution in [0.5, 0.6) is 0 Å². The normalized spacial score (nSPS) is 14.2. The Morgan fingerprint density at radius 1 is 1.30 bits per heavy atom. The summed E-state index contributed by atoms with van der Waals surface area (Å²) < 4.78 is 0. The summed E-state index contributed by atoms with van der Waals surface area (Å²) in [6, 6.07) is 7.20. The summed E-state index contributed by atoms with van der Waals surface area (Å²) in [7, 11) is 0. The first-order valence-corrected chi connectivity index (χ1v) is 7.35. The van der Waals surface area contributed by atoms with Crippen molar-refractivity contribution < 1.29 is 4.79 Å². The zero-order chi connectivity index (χ0) is 15.2. The highest BCUT2D eigenvalue weighted by molar-refractivity contribution is 6.30. The Kier molecular flexibility index (Phi) is 6.46. The summed E-state index contributed by atoms with van der Waals surface area (Å²) in [4.78, 5) is 14.1. The molecule has 0 saturated heterocycles. The molecule has 0 aliphatic carbocycles. The predicted molar refractivity (Wildman–Crippen MR) is 83.8 cm³/mol. The molecule has 0 saturated carbocycles. The number of likely N-dealkylation sites (N-methyl/N-ethyl adjacent to an activating group) is 1. The molecule has 0 bridgehead atoms. The van der Waals surface area contributed by atoms with Gasteiger partial charge in [0.1, 0.15) is 5.54 Å². The molecular formula is C15H24ClN3O. The SMILES string of the molecule is CCN(CC)CCNC(C)(C(N)=O)c1ccc(Cl)cc1. The summed E-state index contributed by atoms with van der Waals surface area (Å²) in [5.41, 5.74) is 5.53. The van der Waals surface area contributed by atoms with E-state index in [4.69, 9.17) is 17.3 Å². The fourth-order valence-corrected chi connectivity index (χ4v) is 2.24. The maximum atomic E-state index is 11.8. The number of nitrogens with one attached hydrogen (secondary N) is 1. The van der Waals surface area contributed by atoms with Crippen molar-refractivity contribution in [2.24, 2.45) is 5.73 Å². The van der Waals surface area contributed by atoms with Crippen molar-refractivity contribution in [2.75, 3.05) is 26.2 Å². The molecule has 1 rings (SSSR count). The summed E-state index contributed by atoms with van der Waals surface area (Å²) in [6.45, 7) is 9.61. The fraction of sp³-hybridized carbons (Fsp3) is 0.533. The molecule has 0 heterocycles. The van der Waals surface area contributed by atoms with Crippen molar-refractivity contribution >= 4 is 17.5 Å². The van der Waals surface area contributed by atoms with Crippen LogP contribution in [0.3, 0.4) is 0 Å². The maximum absolute atomic E-state index is 11.8. The highest BCUT2D eigenvalue weighted by Crippen LogP contribution is 2.22. The maximum Gasteiger partial charge on any atom is 0.242 e. The van der Waals surface area contributed by atoms with Gasteiger partial charge in [-0.25, -0.2) is 0 Å². The molecule has 0 aromatic heterocycles. The van der Waals surface area contributed by atoms with Crippen molar-refractivity contribution in [1.29, 1.82) is 0 Å². The van der Waals surface area contributed by atoms with Gasteiger partial charge in [-0.2, -0.15) is 0 Å². The standard InChI is InChI=1S/C15H24ClN3O/c1-4-19(5-2)11-10-18-15(3,14(17)20)12-6-8-13(16)9-7-12/h6-9,18H,4-5,10-11H2,1-3H3,(H2,17,20). The predicted octanol–water partition coefficient (Wildman–Crippen LogP) is 1.97. The minimum Gasteiger partial charge on any atom is -0.368 e. The number of hydrogen-bond acceptors (Lipinski definition) is 3. The van der Waals surface area contributed by atoms with Gasteiger partial charge in [0.25, 0.3) is 0 Å². The van der Waals surface area contributed by atoms with E-state index in [1.54, 1.807) is 19.1 Å². The van der Waals surface area contributed by atoms with Crippen LogP contribution in [-0.2, 0) is 10.3 Å². The molecule has 1 aromatic rings. The van der Waals surface area contributed by atoms with Crippen LogP contribution in [0.25, 0.3) is 0 Å². The van der Waals surface area contributed by atoms with Gasteiger partial charge in [-0.15, -0.1) is 0 Å². The summed E-state index contributed by atoms with van der Waals surface area (Å²) in [5.74, 6) is -0.389. The van der Waals surface area contributed by atoms with Crippen LogP contribution in [0.4, 0.5) is 0 Å². The summed E-state index contributed by atoms with van der Waals surface area (Å²) in [5, 5.41) is 3.91. The van der Waals surface area contributed by atoms with Crippen LogP contribution < -0.4 is 11.1 Å². The number of nitrogens with two attached hydrogens (primary N) is 1. The highest BCUT2D eigenvalue weighted by atomic mass is 35.5. The van der Waals surface area contributed by atoms with Crippen molar-refractivity contribution in [2.45, 2.75) is 26.3 Å². The van der Waals surface area contributed by atoms with Gasteiger partial charge in [0.05, 0.1) is 0 Å². The van der Waals surface area contributed by atoms with E-state index in [0.29, 0.717) is 11.6 Å². The third-order valence-corrected chi connectivity index (χ3v) is 3.97. The molecule has 0 fully saturated rings. The molecule has 3 N–H and O–H groups in total. The lowest BCUT2D eigenvalue weighted by Gasteiger charge is -2.29. The summed E-state index contributed by atoms with van der Waals surface area (Å²) in [6.07, 6.45) is 0. The van der Waals surface area contributed by atoms with Gasteiger partial charge >= 0.3 is 0 Å². The Labute approximate surface area is 126 Å². The van der Waals surface area contributed by atoms with Crippen LogP contribution in [0, 0.1) is 0 Å². The second kappa shape index (κ2) is 7.62. The Hall–Kier alpha value is -1.10. The van der Waals surface area contributed by atoms with E-state index in [0.717, 1.165) is 25.2 Å². The molecule has 112 valence electrons. The molecule has 5 heteroatoms. The molecular weight excluding hydrogens is 274 g/mol. The first kappa shape index (κ1) is 17.0. The van der Waals surface area contributed by atoms with E-state index in [-0.39, 0.29) is 5.91 Å². The minimum atomic E-state index is -0.877. The lowest BCUT2D eigenvalue weighted by Crippen LogP contribution is -2.52. The van der Waals surface area contributed by atoms with E-state index >= 15 is 0 Å². The van der Waals surface area contributed by atoms with Gasteiger partial charge in [0, 0.05) is 18.1 Å².